The fraction of sp³-hybridized carbons (Fsp3) is 0.368. The second-order valence-electron chi connectivity index (χ2n) is 6.65. The molecule has 1 aromatic carbocycles. The van der Waals surface area contributed by atoms with Gasteiger partial charge in [-0.25, -0.2) is 0 Å². The fourth-order valence-electron chi connectivity index (χ4n) is 3.42. The van der Waals surface area contributed by atoms with Gasteiger partial charge in [-0.05, 0) is 43.5 Å². The molecule has 1 aliphatic carbocycles. The number of carbonyl (C=O) groups is 1. The van der Waals surface area contributed by atoms with Crippen molar-refractivity contribution in [3.63, 3.8) is 0 Å². The van der Waals surface area contributed by atoms with Crippen molar-refractivity contribution >= 4 is 39.1 Å². The predicted molar refractivity (Wildman–Crippen MR) is 103 cm³/mol. The largest absolute Gasteiger partial charge is 0.349 e. The molecule has 1 N–H and O–H groups in total. The standard InChI is InChI=1S/C19H20ClN3OS/c1-12-16-10-17(18(24)21-15-4-2-3-5-15)25-19(16)23(22-12)11-13-6-8-14(20)9-7-13/h6-10,15H,2-5,11H2,1H3,(H,21,24). The van der Waals surface area contributed by atoms with Crippen LogP contribution >= 0.6 is 22.9 Å². The van der Waals surface area contributed by atoms with E-state index in [-0.39, 0.29) is 5.91 Å². The Morgan fingerprint density at radius 2 is 2.04 bits per heavy atom. The molecule has 25 heavy (non-hydrogen) atoms. The first kappa shape index (κ1) is 16.6. The maximum absolute atomic E-state index is 12.5. The smallest absolute Gasteiger partial charge is 0.261 e. The van der Waals surface area contributed by atoms with Crippen LogP contribution in [0.5, 0.6) is 0 Å². The highest BCUT2D eigenvalue weighted by atomic mass is 35.5. The van der Waals surface area contributed by atoms with Gasteiger partial charge in [0.2, 0.25) is 0 Å². The Kier molecular flexibility index (Phi) is 4.52. The van der Waals surface area contributed by atoms with E-state index in [2.05, 4.69) is 10.4 Å². The highest BCUT2D eigenvalue weighted by Crippen LogP contribution is 2.29. The van der Waals surface area contributed by atoms with E-state index in [0.717, 1.165) is 44.2 Å². The summed E-state index contributed by atoms with van der Waals surface area (Å²) in [6, 6.07) is 10.1. The summed E-state index contributed by atoms with van der Waals surface area (Å²) in [6.45, 7) is 2.66. The molecular weight excluding hydrogens is 354 g/mol. The van der Waals surface area contributed by atoms with E-state index in [1.165, 1.54) is 24.2 Å². The van der Waals surface area contributed by atoms with Crippen LogP contribution in [0.3, 0.4) is 0 Å². The molecule has 0 saturated heterocycles. The number of nitrogens with one attached hydrogen (secondary N) is 1. The SMILES string of the molecule is Cc1nn(Cc2ccc(Cl)cc2)c2sc(C(=O)NC3CCCC3)cc12. The molecule has 130 valence electrons. The second-order valence-corrected chi connectivity index (χ2v) is 8.12. The number of fused-ring (bicyclic) bond motifs is 1. The maximum atomic E-state index is 12.5. The van der Waals surface area contributed by atoms with E-state index in [1.807, 2.05) is 41.9 Å². The fourth-order valence-corrected chi connectivity index (χ4v) is 4.61. The molecule has 0 spiro atoms. The summed E-state index contributed by atoms with van der Waals surface area (Å²) in [4.78, 5) is 14.4. The van der Waals surface area contributed by atoms with Gasteiger partial charge in [-0.1, -0.05) is 36.6 Å². The summed E-state index contributed by atoms with van der Waals surface area (Å²) in [6.07, 6.45) is 4.62. The van der Waals surface area contributed by atoms with Crippen LogP contribution in [-0.4, -0.2) is 21.7 Å². The average molecular weight is 374 g/mol. The van der Waals surface area contributed by atoms with Crippen molar-refractivity contribution in [2.45, 2.75) is 45.2 Å². The van der Waals surface area contributed by atoms with E-state index in [9.17, 15) is 4.79 Å². The molecule has 0 radical (unpaired) electrons. The van der Waals surface area contributed by atoms with Gasteiger partial charge < -0.3 is 5.32 Å². The Hall–Kier alpha value is -1.85. The van der Waals surface area contributed by atoms with Gasteiger partial charge in [0.05, 0.1) is 17.1 Å². The Balaban J connectivity index is 1.59. The van der Waals surface area contributed by atoms with Crippen molar-refractivity contribution in [1.82, 2.24) is 15.1 Å². The molecule has 1 aliphatic rings. The van der Waals surface area contributed by atoms with E-state index < -0.39 is 0 Å². The van der Waals surface area contributed by atoms with Crippen LogP contribution in [0.15, 0.2) is 30.3 Å². The maximum Gasteiger partial charge on any atom is 0.261 e. The van der Waals surface area contributed by atoms with Crippen molar-refractivity contribution in [2.75, 3.05) is 0 Å². The van der Waals surface area contributed by atoms with Crippen molar-refractivity contribution in [2.24, 2.45) is 0 Å². The van der Waals surface area contributed by atoms with E-state index in [1.54, 1.807) is 0 Å². The molecular formula is C19H20ClN3OS. The van der Waals surface area contributed by atoms with E-state index in [0.29, 0.717) is 12.6 Å². The van der Waals surface area contributed by atoms with Crippen LogP contribution in [0.4, 0.5) is 0 Å². The summed E-state index contributed by atoms with van der Waals surface area (Å²) < 4.78 is 1.98. The summed E-state index contributed by atoms with van der Waals surface area (Å²) in [5.74, 6) is 0.0468. The molecule has 0 aliphatic heterocycles. The first-order valence-electron chi connectivity index (χ1n) is 8.62. The number of aryl methyl sites for hydroxylation is 1. The molecule has 1 fully saturated rings. The zero-order chi connectivity index (χ0) is 17.4. The lowest BCUT2D eigenvalue weighted by Crippen LogP contribution is -2.31. The number of hydrogen-bond acceptors (Lipinski definition) is 3. The molecule has 3 aromatic rings. The molecule has 0 bridgehead atoms. The number of benzene rings is 1. The average Bonchev–Trinajstić information content (AvgIpc) is 3.29. The lowest BCUT2D eigenvalue weighted by atomic mass is 10.2. The Labute approximate surface area is 155 Å². The number of rotatable bonds is 4. The summed E-state index contributed by atoms with van der Waals surface area (Å²) in [5.41, 5.74) is 2.10. The third kappa shape index (κ3) is 3.44. The van der Waals surface area contributed by atoms with Gasteiger partial charge in [-0.15, -0.1) is 11.3 Å². The normalized spacial score (nSPS) is 15.1. The van der Waals surface area contributed by atoms with Crippen LogP contribution in [0.2, 0.25) is 5.02 Å². The molecule has 1 amide bonds. The zero-order valence-corrected chi connectivity index (χ0v) is 15.7. The molecule has 0 atom stereocenters. The minimum absolute atomic E-state index is 0.0468. The van der Waals surface area contributed by atoms with Crippen LogP contribution in [-0.2, 0) is 6.54 Å². The minimum Gasteiger partial charge on any atom is -0.349 e. The Bertz CT molecular complexity index is 907. The summed E-state index contributed by atoms with van der Waals surface area (Å²) >= 11 is 7.48. The molecule has 1 saturated carbocycles. The van der Waals surface area contributed by atoms with Crippen molar-refractivity contribution in [3.8, 4) is 0 Å². The molecule has 4 nitrogen and oxygen atoms in total. The lowest BCUT2D eigenvalue weighted by Gasteiger charge is -2.10. The molecule has 0 unspecified atom stereocenters. The second kappa shape index (κ2) is 6.81. The Morgan fingerprint density at radius 1 is 1.32 bits per heavy atom. The van der Waals surface area contributed by atoms with Crippen LogP contribution < -0.4 is 5.32 Å². The molecule has 2 heterocycles. The molecule has 6 heteroatoms. The van der Waals surface area contributed by atoms with Crippen LogP contribution in [0.1, 0.15) is 46.6 Å². The first-order valence-corrected chi connectivity index (χ1v) is 9.82. The van der Waals surface area contributed by atoms with Crippen molar-refractivity contribution < 1.29 is 4.79 Å². The number of nitrogens with zero attached hydrogens (tertiary/aromatic N) is 2. The lowest BCUT2D eigenvalue weighted by molar-refractivity contribution is 0.0942. The van der Waals surface area contributed by atoms with Gasteiger partial charge in [-0.2, -0.15) is 5.10 Å². The number of carbonyl (C=O) groups excluding carboxylic acids is 1. The van der Waals surface area contributed by atoms with E-state index in [4.69, 9.17) is 11.6 Å². The quantitative estimate of drug-likeness (QED) is 0.715. The van der Waals surface area contributed by atoms with Crippen LogP contribution in [0, 0.1) is 6.92 Å². The van der Waals surface area contributed by atoms with Crippen LogP contribution in [0.25, 0.3) is 10.2 Å². The van der Waals surface area contributed by atoms with Gasteiger partial charge in [-0.3, -0.25) is 9.48 Å². The van der Waals surface area contributed by atoms with Gasteiger partial charge in [0, 0.05) is 16.5 Å². The minimum atomic E-state index is 0.0468. The highest BCUT2D eigenvalue weighted by molar-refractivity contribution is 7.20. The number of amides is 1. The monoisotopic (exact) mass is 373 g/mol. The Morgan fingerprint density at radius 3 is 2.76 bits per heavy atom. The van der Waals surface area contributed by atoms with Gasteiger partial charge in [0.1, 0.15) is 4.83 Å². The third-order valence-corrected chi connectivity index (χ3v) is 6.17. The van der Waals surface area contributed by atoms with Gasteiger partial charge in [0.25, 0.3) is 5.91 Å². The predicted octanol–water partition coefficient (Wildman–Crippen LogP) is 4.78. The van der Waals surface area contributed by atoms with Crippen molar-refractivity contribution in [1.29, 1.82) is 0 Å². The van der Waals surface area contributed by atoms with Gasteiger partial charge >= 0.3 is 0 Å². The topological polar surface area (TPSA) is 46.9 Å². The van der Waals surface area contributed by atoms with Crippen molar-refractivity contribution in [3.05, 3.63) is 51.5 Å². The zero-order valence-electron chi connectivity index (χ0n) is 14.1. The number of aromatic nitrogens is 2. The highest BCUT2D eigenvalue weighted by Gasteiger charge is 2.21. The summed E-state index contributed by atoms with van der Waals surface area (Å²) in [7, 11) is 0. The first-order chi connectivity index (χ1) is 12.1. The molecule has 2 aromatic heterocycles. The number of thiophene rings is 1. The summed E-state index contributed by atoms with van der Waals surface area (Å²) in [5, 5.41) is 9.60. The molecule has 4 rings (SSSR count). The number of hydrogen-bond donors (Lipinski definition) is 1. The van der Waals surface area contributed by atoms with E-state index >= 15 is 0 Å². The van der Waals surface area contributed by atoms with Gasteiger partial charge in [0.15, 0.2) is 0 Å². The number of halogens is 1. The third-order valence-electron chi connectivity index (χ3n) is 4.77.